The van der Waals surface area contributed by atoms with E-state index in [-0.39, 0.29) is 6.42 Å². The molecular weight excluding hydrogens is 331 g/mol. The summed E-state index contributed by atoms with van der Waals surface area (Å²) >= 11 is 0. The number of carbonyl (C=O) groups excluding carboxylic acids is 4. The van der Waals surface area contributed by atoms with Crippen LogP contribution in [-0.2, 0) is 38.0 Å². The second-order valence-corrected chi connectivity index (χ2v) is 8.18. The van der Waals surface area contributed by atoms with Crippen LogP contribution in [0, 0.1) is 23.7 Å². The van der Waals surface area contributed by atoms with Crippen molar-refractivity contribution in [3.8, 4) is 0 Å². The van der Waals surface area contributed by atoms with Gasteiger partial charge in [0.2, 0.25) is 0 Å². The van der Waals surface area contributed by atoms with Crippen LogP contribution in [0.2, 0.25) is 5.82 Å². The number of hydrogen-bond acceptors (Lipinski definition) is 8. The molecule has 3 saturated heterocycles. The summed E-state index contributed by atoms with van der Waals surface area (Å²) in [5, 5.41) is 0. The predicted octanol–water partition coefficient (Wildman–Crippen LogP) is 0.484. The molecule has 0 bridgehead atoms. The highest BCUT2D eigenvalue weighted by molar-refractivity contribution is 6.49. The maximum Gasteiger partial charge on any atom is 0.462 e. The van der Waals surface area contributed by atoms with E-state index in [1.165, 1.54) is 0 Å². The molecule has 0 aromatic rings. The van der Waals surface area contributed by atoms with Gasteiger partial charge in [-0.05, 0) is 34.1 Å². The molecule has 134 valence electrons. The molecule has 1 saturated carbocycles. The van der Waals surface area contributed by atoms with E-state index in [2.05, 4.69) is 0 Å². The van der Waals surface area contributed by atoms with Crippen molar-refractivity contribution in [2.75, 3.05) is 0 Å². The van der Waals surface area contributed by atoms with Crippen LogP contribution in [0.4, 0.5) is 0 Å². The zero-order valence-corrected chi connectivity index (χ0v) is 14.4. The minimum Gasteiger partial charge on any atom is -0.403 e. The van der Waals surface area contributed by atoms with Crippen LogP contribution in [-0.4, -0.2) is 42.2 Å². The summed E-state index contributed by atoms with van der Waals surface area (Å²) in [6.07, 6.45) is 0.0699. The van der Waals surface area contributed by atoms with Gasteiger partial charge < -0.3 is 18.8 Å². The number of carbonyl (C=O) groups is 4. The van der Waals surface area contributed by atoms with Crippen LogP contribution >= 0.6 is 0 Å². The van der Waals surface area contributed by atoms with Crippen molar-refractivity contribution in [1.82, 2.24) is 0 Å². The van der Waals surface area contributed by atoms with Crippen molar-refractivity contribution >= 4 is 31.0 Å². The van der Waals surface area contributed by atoms with Gasteiger partial charge in [-0.1, -0.05) is 0 Å². The van der Waals surface area contributed by atoms with Gasteiger partial charge in [0.15, 0.2) is 0 Å². The van der Waals surface area contributed by atoms with E-state index in [0.29, 0.717) is 0 Å². The number of rotatable bonds is 1. The molecule has 0 amide bonds. The summed E-state index contributed by atoms with van der Waals surface area (Å²) in [5.74, 6) is -6.83. The Labute approximate surface area is 144 Å². The van der Waals surface area contributed by atoms with Crippen molar-refractivity contribution < 1.29 is 38.0 Å². The van der Waals surface area contributed by atoms with Gasteiger partial charge in [-0.3, -0.25) is 19.2 Å². The summed E-state index contributed by atoms with van der Waals surface area (Å²) in [4.78, 5) is 48.7. The van der Waals surface area contributed by atoms with Crippen LogP contribution < -0.4 is 0 Å². The molecule has 4 aliphatic rings. The van der Waals surface area contributed by atoms with Gasteiger partial charge >= 0.3 is 31.0 Å². The predicted molar refractivity (Wildman–Crippen MR) is 80.6 cm³/mol. The van der Waals surface area contributed by atoms with E-state index in [1.54, 1.807) is 0 Å². The Balaban J connectivity index is 1.77. The smallest absolute Gasteiger partial charge is 0.403 e. The van der Waals surface area contributed by atoms with Gasteiger partial charge in [-0.2, -0.15) is 0 Å². The fourth-order valence-electron chi connectivity index (χ4n) is 4.33. The molecule has 0 aromatic heterocycles. The highest BCUT2D eigenvalue weighted by Gasteiger charge is 2.69. The summed E-state index contributed by atoms with van der Waals surface area (Å²) in [6, 6.07) is 0. The summed E-state index contributed by atoms with van der Waals surface area (Å²) in [6.45, 7) is 7.39. The van der Waals surface area contributed by atoms with Crippen LogP contribution in [0.25, 0.3) is 0 Å². The van der Waals surface area contributed by atoms with Crippen molar-refractivity contribution in [1.29, 1.82) is 0 Å². The van der Waals surface area contributed by atoms with Crippen LogP contribution in [0.1, 0.15) is 34.1 Å². The molecular formula is C16H19BO8. The molecule has 1 aliphatic carbocycles. The van der Waals surface area contributed by atoms with Crippen molar-refractivity contribution in [3.63, 3.8) is 0 Å². The third kappa shape index (κ3) is 2.15. The van der Waals surface area contributed by atoms with Gasteiger partial charge in [0.25, 0.3) is 0 Å². The first kappa shape index (κ1) is 16.7. The molecule has 3 heterocycles. The van der Waals surface area contributed by atoms with E-state index in [4.69, 9.17) is 18.8 Å². The number of hydrogen-bond donors (Lipinski definition) is 0. The third-order valence-corrected chi connectivity index (χ3v) is 6.34. The Bertz CT molecular complexity index is 642. The Hall–Kier alpha value is -1.74. The van der Waals surface area contributed by atoms with E-state index < -0.39 is 71.7 Å². The number of cyclic esters (lactones) is 4. The van der Waals surface area contributed by atoms with Crippen LogP contribution in [0.5, 0.6) is 0 Å². The Morgan fingerprint density at radius 3 is 1.56 bits per heavy atom. The largest absolute Gasteiger partial charge is 0.462 e. The fraction of sp³-hybridized carbons (Fsp3) is 0.750. The number of fused-ring (bicyclic) bond motifs is 2. The third-order valence-electron chi connectivity index (χ3n) is 6.34. The average Bonchev–Trinajstić information content (AvgIpc) is 3.01. The number of esters is 4. The second-order valence-electron chi connectivity index (χ2n) is 8.18. The lowest BCUT2D eigenvalue weighted by atomic mass is 9.50. The first-order chi connectivity index (χ1) is 11.5. The zero-order chi connectivity index (χ0) is 18.3. The standard InChI is InChI=1S/C16H19BO8/c1-15(2)16(3,4)25-17(24-15)10-8-6(11(18)22-13(8)20)5-7-9(10)14(21)23-12(7)19/h6-10H,5H2,1-4H3. The monoisotopic (exact) mass is 350 g/mol. The van der Waals surface area contributed by atoms with Gasteiger partial charge in [-0.15, -0.1) is 0 Å². The Morgan fingerprint density at radius 1 is 0.760 bits per heavy atom. The molecule has 9 heteroatoms. The first-order valence-corrected chi connectivity index (χ1v) is 8.40. The lowest BCUT2D eigenvalue weighted by Crippen LogP contribution is -2.47. The van der Waals surface area contributed by atoms with Gasteiger partial charge in [0.05, 0.1) is 34.9 Å². The highest BCUT2D eigenvalue weighted by Crippen LogP contribution is 2.56. The molecule has 0 spiro atoms. The van der Waals surface area contributed by atoms with Crippen molar-refractivity contribution in [3.05, 3.63) is 0 Å². The second kappa shape index (κ2) is 4.91. The van der Waals surface area contributed by atoms with Crippen molar-refractivity contribution in [2.24, 2.45) is 23.7 Å². The Morgan fingerprint density at radius 2 is 1.16 bits per heavy atom. The summed E-state index contributed by atoms with van der Waals surface area (Å²) < 4.78 is 21.6. The maximum absolute atomic E-state index is 12.3. The van der Waals surface area contributed by atoms with Crippen molar-refractivity contribution in [2.45, 2.75) is 51.1 Å². The lowest BCUT2D eigenvalue weighted by Gasteiger charge is -2.36. The van der Waals surface area contributed by atoms with E-state index in [0.717, 1.165) is 0 Å². The Kier molecular flexibility index (Phi) is 3.29. The molecule has 3 aliphatic heterocycles. The van der Waals surface area contributed by atoms with E-state index in [9.17, 15) is 19.2 Å². The van der Waals surface area contributed by atoms with E-state index in [1.807, 2.05) is 27.7 Å². The number of ether oxygens (including phenoxy) is 2. The molecule has 8 nitrogen and oxygen atoms in total. The minimum atomic E-state index is -0.915. The maximum atomic E-state index is 12.3. The SMILES string of the molecule is CC1(C)OB(C2C3C(=O)OC(=O)C3CC3C(=O)OC(=O)C32)OC1(C)C. The van der Waals surface area contributed by atoms with Crippen LogP contribution in [0.15, 0.2) is 0 Å². The topological polar surface area (TPSA) is 105 Å². The van der Waals surface area contributed by atoms with Gasteiger partial charge in [0, 0.05) is 5.82 Å². The summed E-state index contributed by atoms with van der Waals surface area (Å²) in [5.41, 5.74) is -1.36. The molecule has 0 aromatic carbocycles. The normalized spacial score (nSPS) is 41.4. The highest BCUT2D eigenvalue weighted by atomic mass is 16.7. The fourth-order valence-corrected chi connectivity index (χ4v) is 4.33. The van der Waals surface area contributed by atoms with Gasteiger partial charge in [-0.25, -0.2) is 0 Å². The van der Waals surface area contributed by atoms with Gasteiger partial charge in [0.1, 0.15) is 0 Å². The quantitative estimate of drug-likeness (QED) is 0.382. The van der Waals surface area contributed by atoms with E-state index >= 15 is 0 Å². The lowest BCUT2D eigenvalue weighted by molar-refractivity contribution is -0.154. The molecule has 4 unspecified atom stereocenters. The minimum absolute atomic E-state index is 0.0699. The summed E-state index contributed by atoms with van der Waals surface area (Å²) in [7, 11) is -0.915. The molecule has 4 fully saturated rings. The molecule has 0 radical (unpaired) electrons. The average molecular weight is 350 g/mol. The first-order valence-electron chi connectivity index (χ1n) is 8.40. The molecule has 4 atom stereocenters. The molecule has 25 heavy (non-hydrogen) atoms. The van der Waals surface area contributed by atoms with Crippen LogP contribution in [0.3, 0.4) is 0 Å². The molecule has 0 N–H and O–H groups in total. The molecule has 4 rings (SSSR count). The zero-order valence-electron chi connectivity index (χ0n) is 14.4.